The Morgan fingerprint density at radius 2 is 1.35 bits per heavy atom. The van der Waals surface area contributed by atoms with Crippen molar-refractivity contribution in [3.8, 4) is 5.75 Å². The number of Topliss-reactive ketones (excluding diaryl/α,β-unsaturated/α-hetero) is 2. The maximum Gasteiger partial charge on any atom is 0.170 e. The molecule has 0 saturated heterocycles. The number of ketones is 2. The number of carbonyl (C=O) groups excluding carboxylic acids is 2. The van der Waals surface area contributed by atoms with Crippen molar-refractivity contribution in [3.63, 3.8) is 0 Å². The van der Waals surface area contributed by atoms with Gasteiger partial charge in [0.15, 0.2) is 11.6 Å². The maximum absolute atomic E-state index is 12.0. The number of hydrogen-bond acceptors (Lipinski definition) is 3. The molecule has 0 aromatic heterocycles. The molecule has 0 spiro atoms. The number of methoxy groups -OCH3 is 1. The molecule has 0 aliphatic heterocycles. The first-order valence-corrected chi connectivity index (χ1v) is 6.44. The number of carbonyl (C=O) groups is 2. The van der Waals surface area contributed by atoms with E-state index in [1.165, 1.54) is 0 Å². The fourth-order valence-electron chi connectivity index (χ4n) is 1.76. The average molecular weight is 289 g/mol. The van der Waals surface area contributed by atoms with Crippen molar-refractivity contribution >= 4 is 23.2 Å². The normalized spacial score (nSPS) is 10.1. The Kier molecular flexibility index (Phi) is 4.53. The lowest BCUT2D eigenvalue weighted by atomic mass is 10.0. The lowest BCUT2D eigenvalue weighted by Crippen LogP contribution is -2.08. The third kappa shape index (κ3) is 3.45. The van der Waals surface area contributed by atoms with Gasteiger partial charge < -0.3 is 4.74 Å². The Balaban J connectivity index is 2.06. The summed E-state index contributed by atoms with van der Waals surface area (Å²) in [6.45, 7) is 0. The van der Waals surface area contributed by atoms with Crippen LogP contribution in [0.15, 0.2) is 48.5 Å². The molecule has 2 rings (SSSR count). The maximum atomic E-state index is 12.0. The molecule has 2 aromatic rings. The lowest BCUT2D eigenvalue weighted by Gasteiger charge is -2.03. The third-order valence-electron chi connectivity index (χ3n) is 2.90. The second-order valence-corrected chi connectivity index (χ2v) is 4.69. The molecule has 0 aliphatic carbocycles. The molecule has 3 nitrogen and oxygen atoms in total. The molecule has 2 aromatic carbocycles. The van der Waals surface area contributed by atoms with E-state index < -0.39 is 0 Å². The lowest BCUT2D eigenvalue weighted by molar-refractivity contribution is 0.0894. The zero-order chi connectivity index (χ0) is 14.5. The van der Waals surface area contributed by atoms with Gasteiger partial charge in [0, 0.05) is 16.1 Å². The molecular formula is C16H13ClO3. The minimum Gasteiger partial charge on any atom is -0.497 e. The van der Waals surface area contributed by atoms with E-state index in [-0.39, 0.29) is 18.0 Å². The molecule has 0 unspecified atom stereocenters. The van der Waals surface area contributed by atoms with Gasteiger partial charge in [0.25, 0.3) is 0 Å². The highest BCUT2D eigenvalue weighted by atomic mass is 35.5. The smallest absolute Gasteiger partial charge is 0.170 e. The SMILES string of the molecule is COc1ccc(C(=O)CC(=O)c2ccc(Cl)cc2)cc1. The van der Waals surface area contributed by atoms with E-state index in [0.717, 1.165) is 0 Å². The van der Waals surface area contributed by atoms with Crippen LogP contribution >= 0.6 is 11.6 Å². The van der Waals surface area contributed by atoms with Crippen LogP contribution in [0, 0.1) is 0 Å². The minimum absolute atomic E-state index is 0.159. The summed E-state index contributed by atoms with van der Waals surface area (Å²) >= 11 is 5.76. The molecule has 0 radical (unpaired) electrons. The standard InChI is InChI=1S/C16H13ClO3/c1-20-14-8-4-12(5-9-14)16(19)10-15(18)11-2-6-13(17)7-3-11/h2-9H,10H2,1H3. The van der Waals surface area contributed by atoms with Crippen LogP contribution in [-0.4, -0.2) is 18.7 Å². The van der Waals surface area contributed by atoms with Crippen molar-refractivity contribution in [1.82, 2.24) is 0 Å². The first-order chi connectivity index (χ1) is 9.60. The molecule has 0 fully saturated rings. The second-order valence-electron chi connectivity index (χ2n) is 4.26. The van der Waals surface area contributed by atoms with Gasteiger partial charge in [0.2, 0.25) is 0 Å². The average Bonchev–Trinajstić information content (AvgIpc) is 2.48. The predicted molar refractivity (Wildman–Crippen MR) is 77.7 cm³/mol. The topological polar surface area (TPSA) is 43.4 Å². The molecule has 0 aliphatic rings. The number of halogens is 1. The molecule has 0 atom stereocenters. The van der Waals surface area contributed by atoms with Crippen molar-refractivity contribution < 1.29 is 14.3 Å². The molecule has 0 bridgehead atoms. The van der Waals surface area contributed by atoms with Gasteiger partial charge in [0.1, 0.15) is 5.75 Å². The van der Waals surface area contributed by atoms with Crippen LogP contribution in [0.5, 0.6) is 5.75 Å². The minimum atomic E-state index is -0.220. The number of rotatable bonds is 5. The van der Waals surface area contributed by atoms with Crippen molar-refractivity contribution in [2.75, 3.05) is 7.11 Å². The summed E-state index contributed by atoms with van der Waals surface area (Å²) in [5.41, 5.74) is 0.976. The summed E-state index contributed by atoms with van der Waals surface area (Å²) in [5.74, 6) is 0.237. The second kappa shape index (κ2) is 6.35. The molecule has 0 heterocycles. The number of benzene rings is 2. The summed E-state index contributed by atoms with van der Waals surface area (Å²) in [7, 11) is 1.56. The van der Waals surface area contributed by atoms with Gasteiger partial charge in [-0.2, -0.15) is 0 Å². The van der Waals surface area contributed by atoms with Gasteiger partial charge in [-0.1, -0.05) is 11.6 Å². The molecule has 20 heavy (non-hydrogen) atoms. The quantitative estimate of drug-likeness (QED) is 0.621. The van der Waals surface area contributed by atoms with Crippen LogP contribution in [0.3, 0.4) is 0 Å². The van der Waals surface area contributed by atoms with E-state index >= 15 is 0 Å². The van der Waals surface area contributed by atoms with E-state index in [1.54, 1.807) is 55.6 Å². The largest absolute Gasteiger partial charge is 0.497 e. The van der Waals surface area contributed by atoms with E-state index in [4.69, 9.17) is 16.3 Å². The Hall–Kier alpha value is -2.13. The van der Waals surface area contributed by atoms with Crippen molar-refractivity contribution in [1.29, 1.82) is 0 Å². The highest BCUT2D eigenvalue weighted by Gasteiger charge is 2.13. The Morgan fingerprint density at radius 1 is 0.900 bits per heavy atom. The highest BCUT2D eigenvalue weighted by molar-refractivity contribution is 6.30. The van der Waals surface area contributed by atoms with E-state index in [1.807, 2.05) is 0 Å². The summed E-state index contributed by atoms with van der Waals surface area (Å²) in [5, 5.41) is 0.558. The highest BCUT2D eigenvalue weighted by Crippen LogP contribution is 2.15. The summed E-state index contributed by atoms with van der Waals surface area (Å²) in [4.78, 5) is 24.0. The van der Waals surface area contributed by atoms with Crippen molar-refractivity contribution in [2.45, 2.75) is 6.42 Å². The van der Waals surface area contributed by atoms with Gasteiger partial charge >= 0.3 is 0 Å². The monoisotopic (exact) mass is 288 g/mol. The first kappa shape index (κ1) is 14.3. The fraction of sp³-hybridized carbons (Fsp3) is 0.125. The summed E-state index contributed by atoms with van der Waals surface area (Å²) < 4.78 is 5.02. The van der Waals surface area contributed by atoms with Crippen LogP contribution < -0.4 is 4.74 Å². The fourth-order valence-corrected chi connectivity index (χ4v) is 1.89. The van der Waals surface area contributed by atoms with Gasteiger partial charge in [-0.25, -0.2) is 0 Å². The summed E-state index contributed by atoms with van der Waals surface area (Å²) in [6, 6.07) is 13.2. The van der Waals surface area contributed by atoms with E-state index in [2.05, 4.69) is 0 Å². The van der Waals surface area contributed by atoms with Gasteiger partial charge in [-0.15, -0.1) is 0 Å². The van der Waals surface area contributed by atoms with Crippen molar-refractivity contribution in [3.05, 3.63) is 64.7 Å². The Labute approximate surface area is 122 Å². The number of hydrogen-bond donors (Lipinski definition) is 0. The van der Waals surface area contributed by atoms with Gasteiger partial charge in [-0.05, 0) is 48.5 Å². The molecule has 0 amide bonds. The Bertz CT molecular complexity index is 615. The van der Waals surface area contributed by atoms with E-state index in [9.17, 15) is 9.59 Å². The number of ether oxygens (including phenoxy) is 1. The van der Waals surface area contributed by atoms with Crippen LogP contribution in [0.1, 0.15) is 27.1 Å². The van der Waals surface area contributed by atoms with Crippen molar-refractivity contribution in [2.24, 2.45) is 0 Å². The van der Waals surface area contributed by atoms with Gasteiger partial charge in [-0.3, -0.25) is 9.59 Å². The molecule has 4 heteroatoms. The zero-order valence-electron chi connectivity index (χ0n) is 10.9. The first-order valence-electron chi connectivity index (χ1n) is 6.06. The van der Waals surface area contributed by atoms with E-state index in [0.29, 0.717) is 21.9 Å². The van der Waals surface area contributed by atoms with Gasteiger partial charge in [0.05, 0.1) is 13.5 Å². The molecule has 0 saturated carbocycles. The molecular weight excluding hydrogens is 276 g/mol. The molecule has 0 N–H and O–H groups in total. The van der Waals surface area contributed by atoms with Crippen LogP contribution in [-0.2, 0) is 0 Å². The summed E-state index contributed by atoms with van der Waals surface area (Å²) in [6.07, 6.45) is -0.159. The molecule has 102 valence electrons. The van der Waals surface area contributed by atoms with Crippen LogP contribution in [0.2, 0.25) is 5.02 Å². The zero-order valence-corrected chi connectivity index (χ0v) is 11.7. The third-order valence-corrected chi connectivity index (χ3v) is 3.15. The van der Waals surface area contributed by atoms with Crippen LogP contribution in [0.4, 0.5) is 0 Å². The van der Waals surface area contributed by atoms with Crippen LogP contribution in [0.25, 0.3) is 0 Å². The Morgan fingerprint density at radius 3 is 1.80 bits per heavy atom. The predicted octanol–water partition coefficient (Wildman–Crippen LogP) is 3.80.